The molecule has 0 fully saturated rings. The highest BCUT2D eigenvalue weighted by Crippen LogP contribution is 2.36. The number of hydrogen-bond acceptors (Lipinski definition) is 6. The summed E-state index contributed by atoms with van der Waals surface area (Å²) in [5.41, 5.74) is -1.62. The lowest BCUT2D eigenvalue weighted by Crippen LogP contribution is -2.46. The quantitative estimate of drug-likeness (QED) is 0.185. The van der Waals surface area contributed by atoms with Crippen molar-refractivity contribution < 1.29 is 55.2 Å². The Morgan fingerprint density at radius 2 is 1.50 bits per heavy atom. The molecule has 13 heteroatoms. The van der Waals surface area contributed by atoms with Gasteiger partial charge < -0.3 is 24.6 Å². The number of alkyl halides is 6. The molecule has 1 rings (SSSR count). The van der Waals surface area contributed by atoms with E-state index in [1.165, 1.54) is 31.4 Å². The topological polar surface area (TPSA) is 94.1 Å². The maximum absolute atomic E-state index is 12.5. The molecule has 0 saturated carbocycles. The number of nitrogens with one attached hydrogen (secondary N) is 1. The fourth-order valence-electron chi connectivity index (χ4n) is 1.73. The average molecular weight is 417 g/mol. The van der Waals surface area contributed by atoms with Crippen molar-refractivity contribution in [2.45, 2.75) is 18.5 Å². The summed E-state index contributed by atoms with van der Waals surface area (Å²) in [5, 5.41) is 11.4. The smallest absolute Gasteiger partial charge is 0.434 e. The second kappa shape index (κ2) is 8.71. The molecule has 1 aromatic rings. The first kappa shape index (κ1) is 22.9. The third-order valence-electron chi connectivity index (χ3n) is 3.01. The van der Waals surface area contributed by atoms with Crippen LogP contribution in [-0.2, 0) is 19.1 Å². The molecule has 0 radical (unpaired) electrons. The Kier molecular flexibility index (Phi) is 7.13. The molecule has 0 aliphatic carbocycles. The number of methoxy groups -OCH3 is 2. The highest BCUT2D eigenvalue weighted by molar-refractivity contribution is 6.21. The molecule has 0 saturated heterocycles. The number of aliphatic hydroxyl groups is 1. The number of ether oxygens (including phenoxy) is 3. The van der Waals surface area contributed by atoms with E-state index in [0.29, 0.717) is 12.9 Å². The third-order valence-corrected chi connectivity index (χ3v) is 3.01. The zero-order valence-electron chi connectivity index (χ0n) is 14.1. The Morgan fingerprint density at radius 1 is 1.00 bits per heavy atom. The molecule has 0 unspecified atom stereocenters. The molecule has 1 amide bonds. The minimum absolute atomic E-state index is 0.0248. The van der Waals surface area contributed by atoms with Crippen LogP contribution in [0, 0.1) is 0 Å². The summed E-state index contributed by atoms with van der Waals surface area (Å²) in [6.45, 7) is 0. The largest absolute Gasteiger partial charge is 0.497 e. The van der Waals surface area contributed by atoms with Crippen molar-refractivity contribution in [2.75, 3.05) is 19.5 Å². The number of hydrogen-bond donors (Lipinski definition) is 2. The van der Waals surface area contributed by atoms with Crippen LogP contribution >= 0.6 is 0 Å². The highest BCUT2D eigenvalue weighted by atomic mass is 19.4. The number of anilines is 1. The first-order valence-corrected chi connectivity index (χ1v) is 7.08. The molecule has 0 atom stereocenters. The SMILES string of the molecule is CO/C(O)=C(\C(=O)Nc1ccc(OC)cc1)C(=O)OC(C(F)(F)F)C(F)(F)F. The normalized spacial score (nSPS) is 12.9. The number of rotatable bonds is 6. The van der Waals surface area contributed by atoms with Gasteiger partial charge in [0.2, 0.25) is 5.57 Å². The minimum Gasteiger partial charge on any atom is -0.497 e. The van der Waals surface area contributed by atoms with Gasteiger partial charge in [0.1, 0.15) is 5.75 Å². The molecule has 28 heavy (non-hydrogen) atoms. The predicted molar refractivity (Wildman–Crippen MR) is 80.3 cm³/mol. The van der Waals surface area contributed by atoms with Gasteiger partial charge >= 0.3 is 18.3 Å². The standard InChI is InChI=1S/C15H13F6NO6/c1-26-8-5-3-7(4-6-8)22-10(23)9(11(24)27-2)12(25)28-13(14(16,17)18)15(19,20)21/h3-6,13,24H,1-2H3,(H,22,23)/b11-9+. The van der Waals surface area contributed by atoms with Crippen LogP contribution in [0.3, 0.4) is 0 Å². The monoisotopic (exact) mass is 417 g/mol. The van der Waals surface area contributed by atoms with Crippen LogP contribution in [0.1, 0.15) is 0 Å². The summed E-state index contributed by atoms with van der Waals surface area (Å²) in [5.74, 6) is -5.15. The summed E-state index contributed by atoms with van der Waals surface area (Å²) in [4.78, 5) is 23.9. The van der Waals surface area contributed by atoms with Crippen molar-refractivity contribution in [3.05, 3.63) is 35.8 Å². The first-order chi connectivity index (χ1) is 12.8. The van der Waals surface area contributed by atoms with Gasteiger partial charge in [-0.25, -0.2) is 4.79 Å². The van der Waals surface area contributed by atoms with Crippen molar-refractivity contribution >= 4 is 17.6 Å². The predicted octanol–water partition coefficient (Wildman–Crippen LogP) is 3.09. The zero-order chi connectivity index (χ0) is 21.7. The van der Waals surface area contributed by atoms with Crippen LogP contribution in [0.2, 0.25) is 0 Å². The molecule has 0 aliphatic heterocycles. The van der Waals surface area contributed by atoms with Gasteiger partial charge in [0.05, 0.1) is 14.2 Å². The Bertz CT molecular complexity index is 727. The summed E-state index contributed by atoms with van der Waals surface area (Å²) in [6.07, 6.45) is -16.5. The Hall–Kier alpha value is -3.12. The number of halogens is 6. The Labute approximate surface area is 153 Å². The third kappa shape index (κ3) is 5.96. The molecule has 0 spiro atoms. The number of carbonyl (C=O) groups excluding carboxylic acids is 2. The fourth-order valence-corrected chi connectivity index (χ4v) is 1.73. The molecule has 2 N–H and O–H groups in total. The summed E-state index contributed by atoms with van der Waals surface area (Å²) >= 11 is 0. The molecule has 7 nitrogen and oxygen atoms in total. The first-order valence-electron chi connectivity index (χ1n) is 7.08. The maximum Gasteiger partial charge on any atom is 0.434 e. The van der Waals surface area contributed by atoms with Gasteiger partial charge in [0, 0.05) is 5.69 Å². The molecule has 0 bridgehead atoms. The van der Waals surface area contributed by atoms with Crippen molar-refractivity contribution in [1.29, 1.82) is 0 Å². The molecule has 0 heterocycles. The lowest BCUT2D eigenvalue weighted by molar-refractivity contribution is -0.312. The van der Waals surface area contributed by atoms with Crippen molar-refractivity contribution in [3.63, 3.8) is 0 Å². The summed E-state index contributed by atoms with van der Waals surface area (Å²) < 4.78 is 87.6. The van der Waals surface area contributed by atoms with Crippen LogP contribution in [-0.4, -0.2) is 49.7 Å². The fraction of sp³-hybridized carbons (Fsp3) is 0.333. The van der Waals surface area contributed by atoms with Crippen LogP contribution in [0.4, 0.5) is 32.0 Å². The van der Waals surface area contributed by atoms with E-state index in [1.807, 2.05) is 5.32 Å². The van der Waals surface area contributed by atoms with Gasteiger partial charge in [-0.3, -0.25) is 4.79 Å². The van der Waals surface area contributed by atoms with E-state index >= 15 is 0 Å². The maximum atomic E-state index is 12.5. The van der Waals surface area contributed by atoms with Crippen LogP contribution in [0.25, 0.3) is 0 Å². The Morgan fingerprint density at radius 3 is 1.89 bits per heavy atom. The molecular formula is C15H13F6NO6. The number of carbonyl (C=O) groups is 2. The van der Waals surface area contributed by atoms with Gasteiger partial charge in [-0.05, 0) is 24.3 Å². The number of esters is 1. The minimum atomic E-state index is -6.01. The van der Waals surface area contributed by atoms with Gasteiger partial charge in [-0.1, -0.05) is 0 Å². The molecule has 0 aromatic heterocycles. The highest BCUT2D eigenvalue weighted by Gasteiger charge is 2.60. The van der Waals surface area contributed by atoms with Crippen molar-refractivity contribution in [1.82, 2.24) is 0 Å². The lowest BCUT2D eigenvalue weighted by Gasteiger charge is -2.23. The number of amides is 1. The second-order valence-electron chi connectivity index (χ2n) is 4.94. The number of benzene rings is 1. The van der Waals surface area contributed by atoms with E-state index in [4.69, 9.17) is 4.74 Å². The van der Waals surface area contributed by atoms with Gasteiger partial charge in [0.25, 0.3) is 18.0 Å². The van der Waals surface area contributed by atoms with Crippen LogP contribution in [0.5, 0.6) is 5.75 Å². The lowest BCUT2D eigenvalue weighted by atomic mass is 10.2. The molecule has 1 aromatic carbocycles. The van der Waals surface area contributed by atoms with E-state index < -0.39 is 41.9 Å². The zero-order valence-corrected chi connectivity index (χ0v) is 14.1. The van der Waals surface area contributed by atoms with E-state index in [-0.39, 0.29) is 5.69 Å². The molecular weight excluding hydrogens is 404 g/mol. The molecule has 0 aliphatic rings. The average Bonchev–Trinajstić information content (AvgIpc) is 2.58. The number of aliphatic hydroxyl groups excluding tert-OH is 1. The van der Waals surface area contributed by atoms with Crippen molar-refractivity contribution in [2.24, 2.45) is 0 Å². The van der Waals surface area contributed by atoms with E-state index in [9.17, 15) is 41.0 Å². The summed E-state index contributed by atoms with van der Waals surface area (Å²) in [6, 6.07) is 5.21. The van der Waals surface area contributed by atoms with Crippen molar-refractivity contribution in [3.8, 4) is 5.75 Å². The van der Waals surface area contributed by atoms with E-state index in [0.717, 1.165) is 0 Å². The molecule has 156 valence electrons. The van der Waals surface area contributed by atoms with E-state index in [2.05, 4.69) is 9.47 Å². The van der Waals surface area contributed by atoms with Gasteiger partial charge in [-0.15, -0.1) is 0 Å². The van der Waals surface area contributed by atoms with Crippen LogP contribution in [0.15, 0.2) is 35.8 Å². The summed E-state index contributed by atoms with van der Waals surface area (Å²) in [7, 11) is 2.06. The van der Waals surface area contributed by atoms with Gasteiger partial charge in [-0.2, -0.15) is 26.3 Å². The Balaban J connectivity index is 3.13. The van der Waals surface area contributed by atoms with E-state index in [1.54, 1.807) is 0 Å². The van der Waals surface area contributed by atoms with Gasteiger partial charge in [0.15, 0.2) is 0 Å². The second-order valence-corrected chi connectivity index (χ2v) is 4.94. The van der Waals surface area contributed by atoms with Crippen LogP contribution < -0.4 is 10.1 Å².